The van der Waals surface area contributed by atoms with E-state index in [4.69, 9.17) is 9.90 Å². The van der Waals surface area contributed by atoms with Gasteiger partial charge >= 0.3 is 0 Å². The molecule has 0 aliphatic rings. The van der Waals surface area contributed by atoms with E-state index < -0.39 is 15.9 Å². The zero-order chi connectivity index (χ0) is 17.5. The summed E-state index contributed by atoms with van der Waals surface area (Å²) in [5.74, 6) is -0.391. The summed E-state index contributed by atoms with van der Waals surface area (Å²) in [6.45, 7) is 1.73. The molecule has 0 unspecified atom stereocenters. The zero-order valence-corrected chi connectivity index (χ0v) is 13.5. The van der Waals surface area contributed by atoms with Gasteiger partial charge in [0.25, 0.3) is 6.47 Å². The highest BCUT2D eigenvalue weighted by Gasteiger charge is 2.08. The number of carboxylic acid groups (broad SMARTS) is 1. The highest BCUT2D eigenvalue weighted by molar-refractivity contribution is 7.88. The van der Waals surface area contributed by atoms with Crippen molar-refractivity contribution < 1.29 is 23.1 Å². The number of sulfonamides is 1. The average molecular weight is 342 g/mol. The topological polar surface area (TPSA) is 130 Å². The predicted molar refractivity (Wildman–Crippen MR) is 83.3 cm³/mol. The number of pyridine rings is 1. The third-order valence-electron chi connectivity index (χ3n) is 2.77. The number of imidazole rings is 1. The average Bonchev–Trinajstić information content (AvgIpc) is 2.88. The summed E-state index contributed by atoms with van der Waals surface area (Å²) < 4.78 is 25.8. The van der Waals surface area contributed by atoms with Crippen LogP contribution in [0.15, 0.2) is 24.5 Å². The summed E-state index contributed by atoms with van der Waals surface area (Å²) in [4.78, 5) is 24.2. The van der Waals surface area contributed by atoms with Crippen LogP contribution in [-0.4, -0.2) is 48.1 Å². The third-order valence-corrected chi connectivity index (χ3v) is 3.44. The van der Waals surface area contributed by atoms with Gasteiger partial charge in [-0.3, -0.25) is 9.59 Å². The number of amides is 1. The molecule has 0 fully saturated rings. The van der Waals surface area contributed by atoms with Crippen molar-refractivity contribution in [2.24, 2.45) is 0 Å². The fraction of sp³-hybridized carbons (Fsp3) is 0.308. The van der Waals surface area contributed by atoms with Crippen LogP contribution in [0.5, 0.6) is 0 Å². The number of hydrogen-bond acceptors (Lipinski definition) is 5. The lowest BCUT2D eigenvalue weighted by molar-refractivity contribution is -0.123. The van der Waals surface area contributed by atoms with E-state index in [1.54, 1.807) is 6.20 Å². The fourth-order valence-electron chi connectivity index (χ4n) is 1.78. The van der Waals surface area contributed by atoms with Crippen molar-refractivity contribution in [2.75, 3.05) is 12.8 Å². The van der Waals surface area contributed by atoms with Crippen molar-refractivity contribution in [2.45, 2.75) is 13.5 Å². The Kier molecular flexibility index (Phi) is 6.66. The number of hydrogen-bond donors (Lipinski definition) is 3. The molecule has 0 aliphatic heterocycles. The number of fused-ring (bicyclic) bond motifs is 1. The number of carbonyl (C=O) groups excluding carboxylic acids is 1. The molecule has 0 saturated heterocycles. The Labute approximate surface area is 133 Å². The molecule has 0 atom stereocenters. The molecule has 126 valence electrons. The van der Waals surface area contributed by atoms with Crippen molar-refractivity contribution >= 4 is 28.0 Å². The number of aromatic nitrogens is 2. The Bertz CT molecular complexity index is 785. The van der Waals surface area contributed by atoms with Crippen LogP contribution in [0.4, 0.5) is 0 Å². The number of carbonyl (C=O) groups is 2. The van der Waals surface area contributed by atoms with Gasteiger partial charge in [-0.25, -0.2) is 18.1 Å². The van der Waals surface area contributed by atoms with Gasteiger partial charge in [0, 0.05) is 6.20 Å². The van der Waals surface area contributed by atoms with Crippen LogP contribution in [0, 0.1) is 6.92 Å². The molecule has 2 heterocycles. The van der Waals surface area contributed by atoms with Gasteiger partial charge in [-0.05, 0) is 18.6 Å². The van der Waals surface area contributed by atoms with E-state index in [0.29, 0.717) is 0 Å². The van der Waals surface area contributed by atoms with Gasteiger partial charge in [0.1, 0.15) is 5.65 Å². The standard InChI is InChI=1S/C12H16N4O3S.CH2O2/c1-9-4-3-5-16-10(7-14-12(9)16)6-13-11(17)8-15-20(2,18)19;2-1-3/h3-5,7,15H,6,8H2,1-2H3,(H,13,17);1H,(H,2,3). The summed E-state index contributed by atoms with van der Waals surface area (Å²) in [6, 6.07) is 3.86. The Hall–Kier alpha value is -2.46. The molecule has 0 bridgehead atoms. The molecule has 9 nitrogen and oxygen atoms in total. The quantitative estimate of drug-likeness (QED) is 0.629. The summed E-state index contributed by atoms with van der Waals surface area (Å²) in [6.07, 6.45) is 4.56. The molecule has 0 saturated carbocycles. The zero-order valence-electron chi connectivity index (χ0n) is 12.7. The molecule has 2 rings (SSSR count). The second-order valence-corrected chi connectivity index (χ2v) is 6.44. The van der Waals surface area contributed by atoms with E-state index in [9.17, 15) is 13.2 Å². The van der Waals surface area contributed by atoms with Crippen LogP contribution in [0.2, 0.25) is 0 Å². The molecule has 2 aromatic heterocycles. The number of aryl methyl sites for hydroxylation is 1. The molecular formula is C13H18N4O5S. The maximum Gasteiger partial charge on any atom is 0.290 e. The number of nitrogens with one attached hydrogen (secondary N) is 2. The maximum atomic E-state index is 11.5. The van der Waals surface area contributed by atoms with Gasteiger partial charge in [-0.2, -0.15) is 0 Å². The summed E-state index contributed by atoms with van der Waals surface area (Å²) in [5.41, 5.74) is 2.71. The van der Waals surface area contributed by atoms with Gasteiger partial charge < -0.3 is 14.8 Å². The highest BCUT2D eigenvalue weighted by atomic mass is 32.2. The minimum absolute atomic E-state index is 0.250. The summed E-state index contributed by atoms with van der Waals surface area (Å²) >= 11 is 0. The minimum atomic E-state index is -3.36. The molecule has 10 heteroatoms. The summed E-state index contributed by atoms with van der Waals surface area (Å²) in [7, 11) is -3.36. The molecule has 0 spiro atoms. The number of nitrogens with zero attached hydrogens (tertiary/aromatic N) is 2. The molecule has 0 aliphatic carbocycles. The normalized spacial score (nSPS) is 10.7. The second kappa shape index (κ2) is 8.25. The van der Waals surface area contributed by atoms with Crippen molar-refractivity contribution in [3.63, 3.8) is 0 Å². The largest absolute Gasteiger partial charge is 0.483 e. The van der Waals surface area contributed by atoms with Crippen molar-refractivity contribution in [1.29, 1.82) is 0 Å². The Morgan fingerprint density at radius 1 is 1.48 bits per heavy atom. The molecule has 0 radical (unpaired) electrons. The molecular weight excluding hydrogens is 324 g/mol. The lowest BCUT2D eigenvalue weighted by Crippen LogP contribution is -2.36. The van der Waals surface area contributed by atoms with E-state index in [1.165, 1.54) is 0 Å². The first-order valence-electron chi connectivity index (χ1n) is 6.49. The first kappa shape index (κ1) is 18.6. The van der Waals surface area contributed by atoms with Crippen LogP contribution in [0.1, 0.15) is 11.3 Å². The smallest absolute Gasteiger partial charge is 0.290 e. The monoisotopic (exact) mass is 342 g/mol. The first-order chi connectivity index (χ1) is 10.8. The van der Waals surface area contributed by atoms with Gasteiger partial charge in [0.05, 0.1) is 31.2 Å². The van der Waals surface area contributed by atoms with E-state index in [0.717, 1.165) is 23.2 Å². The molecule has 3 N–H and O–H groups in total. The maximum absolute atomic E-state index is 11.5. The first-order valence-corrected chi connectivity index (χ1v) is 8.38. The van der Waals surface area contributed by atoms with Crippen LogP contribution in [0.25, 0.3) is 5.65 Å². The van der Waals surface area contributed by atoms with Gasteiger partial charge in [-0.15, -0.1) is 0 Å². The van der Waals surface area contributed by atoms with E-state index in [1.807, 2.05) is 29.7 Å². The van der Waals surface area contributed by atoms with E-state index in [-0.39, 0.29) is 19.6 Å². The van der Waals surface area contributed by atoms with Gasteiger partial charge in [-0.1, -0.05) is 6.07 Å². The van der Waals surface area contributed by atoms with Crippen LogP contribution >= 0.6 is 0 Å². The van der Waals surface area contributed by atoms with Crippen LogP contribution in [0.3, 0.4) is 0 Å². The van der Waals surface area contributed by atoms with Crippen molar-refractivity contribution in [1.82, 2.24) is 19.4 Å². The Morgan fingerprint density at radius 2 is 2.13 bits per heavy atom. The Morgan fingerprint density at radius 3 is 2.74 bits per heavy atom. The van der Waals surface area contributed by atoms with Crippen molar-refractivity contribution in [3.8, 4) is 0 Å². The SMILES string of the molecule is Cc1cccn2c(CNC(=O)CNS(C)(=O)=O)cnc12.O=CO. The molecule has 1 amide bonds. The Balaban J connectivity index is 0.000000816. The minimum Gasteiger partial charge on any atom is -0.483 e. The third kappa shape index (κ3) is 6.04. The lowest BCUT2D eigenvalue weighted by atomic mass is 10.3. The second-order valence-electron chi connectivity index (χ2n) is 4.61. The van der Waals surface area contributed by atoms with Crippen LogP contribution in [-0.2, 0) is 26.2 Å². The predicted octanol–water partition coefficient (Wildman–Crippen LogP) is -0.491. The van der Waals surface area contributed by atoms with E-state index in [2.05, 4.69) is 15.0 Å². The van der Waals surface area contributed by atoms with Gasteiger partial charge in [0.15, 0.2) is 0 Å². The lowest BCUT2D eigenvalue weighted by Gasteiger charge is -2.06. The fourth-order valence-corrected chi connectivity index (χ4v) is 2.17. The molecule has 23 heavy (non-hydrogen) atoms. The van der Waals surface area contributed by atoms with Crippen molar-refractivity contribution in [3.05, 3.63) is 35.8 Å². The van der Waals surface area contributed by atoms with E-state index >= 15 is 0 Å². The molecule has 0 aromatic carbocycles. The number of rotatable bonds is 5. The van der Waals surface area contributed by atoms with Crippen LogP contribution < -0.4 is 10.0 Å². The van der Waals surface area contributed by atoms with Gasteiger partial charge in [0.2, 0.25) is 15.9 Å². The highest BCUT2D eigenvalue weighted by Crippen LogP contribution is 2.10. The molecule has 2 aromatic rings. The summed E-state index contributed by atoms with van der Waals surface area (Å²) in [5, 5.41) is 9.53.